The van der Waals surface area contributed by atoms with Crippen LogP contribution < -0.4 is 4.74 Å². The van der Waals surface area contributed by atoms with Crippen molar-refractivity contribution < 1.29 is 4.74 Å². The van der Waals surface area contributed by atoms with Gasteiger partial charge in [-0.3, -0.25) is 4.57 Å². The molecular weight excluding hydrogens is 589 g/mol. The van der Waals surface area contributed by atoms with Gasteiger partial charge in [-0.15, -0.1) is 0 Å². The molecule has 0 saturated heterocycles. The number of benzene rings is 4. The summed E-state index contributed by atoms with van der Waals surface area (Å²) in [4.78, 5) is 4.80. The van der Waals surface area contributed by atoms with E-state index < -0.39 is 0 Å². The fraction of sp³-hybridized carbons (Fsp3) is 0.256. The molecule has 48 heavy (non-hydrogen) atoms. The van der Waals surface area contributed by atoms with Gasteiger partial charge in [-0.25, -0.2) is 9.67 Å². The monoisotopic (exact) mass is 632 g/mol. The molecule has 0 radical (unpaired) electrons. The number of ether oxygens (including phenoxy) is 1. The number of aromatic nitrogens is 4. The maximum Gasteiger partial charge on any atom is 0.137 e. The van der Waals surface area contributed by atoms with Crippen molar-refractivity contribution in [1.29, 1.82) is 0 Å². The molecule has 0 unspecified atom stereocenters. The van der Waals surface area contributed by atoms with Crippen LogP contribution in [-0.2, 0) is 12.8 Å². The lowest BCUT2D eigenvalue weighted by molar-refractivity contribution is 0.481. The van der Waals surface area contributed by atoms with Crippen LogP contribution in [0.4, 0.5) is 0 Å². The minimum absolute atomic E-state index is 0.504. The highest BCUT2D eigenvalue weighted by molar-refractivity contribution is 6.09. The number of hydrogen-bond donors (Lipinski definition) is 0. The summed E-state index contributed by atoms with van der Waals surface area (Å²) in [5, 5.41) is 7.46. The number of aryl methyl sites for hydroxylation is 3. The molecule has 0 aliphatic rings. The quantitative estimate of drug-likeness (QED) is 0.151. The zero-order valence-electron chi connectivity index (χ0n) is 28.9. The Bertz CT molecular complexity index is 2240. The average Bonchev–Trinajstić information content (AvgIpc) is 3.55. The minimum atomic E-state index is 0.504. The summed E-state index contributed by atoms with van der Waals surface area (Å²) in [6.45, 7) is 13.1. The van der Waals surface area contributed by atoms with E-state index >= 15 is 0 Å². The Kier molecular flexibility index (Phi) is 8.62. The molecule has 0 atom stereocenters. The molecule has 3 heterocycles. The first-order valence-electron chi connectivity index (χ1n) is 17.2. The molecule has 0 fully saturated rings. The first-order chi connectivity index (χ1) is 23.3. The Hall–Kier alpha value is -5.16. The van der Waals surface area contributed by atoms with Crippen molar-refractivity contribution in [2.75, 3.05) is 0 Å². The lowest BCUT2D eigenvalue weighted by atomic mass is 10.0. The molecule has 3 aromatic heterocycles. The second kappa shape index (κ2) is 13.2. The van der Waals surface area contributed by atoms with Gasteiger partial charge in [0.05, 0.1) is 22.4 Å². The van der Waals surface area contributed by atoms with Gasteiger partial charge in [0.2, 0.25) is 0 Å². The van der Waals surface area contributed by atoms with Crippen LogP contribution in [0.3, 0.4) is 0 Å². The Balaban J connectivity index is 1.33. The van der Waals surface area contributed by atoms with Crippen molar-refractivity contribution in [3.8, 4) is 34.1 Å². The van der Waals surface area contributed by atoms with E-state index in [4.69, 9.17) is 14.8 Å². The van der Waals surface area contributed by atoms with Crippen molar-refractivity contribution in [1.82, 2.24) is 19.3 Å². The van der Waals surface area contributed by atoms with Gasteiger partial charge in [-0.2, -0.15) is 5.10 Å². The number of fused-ring (bicyclic) bond motifs is 3. The molecule has 0 N–H and O–H groups in total. The summed E-state index contributed by atoms with van der Waals surface area (Å²) in [5.74, 6) is 3.00. The molecule has 7 rings (SSSR count). The first kappa shape index (κ1) is 31.4. The van der Waals surface area contributed by atoms with Crippen molar-refractivity contribution in [3.63, 3.8) is 0 Å². The van der Waals surface area contributed by atoms with E-state index in [1.54, 1.807) is 0 Å². The zero-order chi connectivity index (χ0) is 33.4. The number of pyridine rings is 1. The second-order valence-corrected chi connectivity index (χ2v) is 13.5. The molecule has 0 saturated carbocycles. The van der Waals surface area contributed by atoms with E-state index in [9.17, 15) is 0 Å². The highest BCUT2D eigenvalue weighted by atomic mass is 16.5. The van der Waals surface area contributed by atoms with Crippen LogP contribution in [0.2, 0.25) is 0 Å². The second-order valence-electron chi connectivity index (χ2n) is 13.5. The van der Waals surface area contributed by atoms with Crippen molar-refractivity contribution in [3.05, 3.63) is 131 Å². The Labute approximate surface area is 283 Å². The van der Waals surface area contributed by atoms with Gasteiger partial charge in [-0.05, 0) is 117 Å². The van der Waals surface area contributed by atoms with Crippen molar-refractivity contribution in [2.45, 2.75) is 67.2 Å². The maximum atomic E-state index is 6.75. The number of unbranched alkanes of at least 4 members (excludes halogenated alkanes) is 1. The molecule has 5 nitrogen and oxygen atoms in total. The predicted octanol–water partition coefficient (Wildman–Crippen LogP) is 11.3. The van der Waals surface area contributed by atoms with E-state index in [-0.39, 0.29) is 0 Å². The molecule has 4 aromatic carbocycles. The van der Waals surface area contributed by atoms with Gasteiger partial charge in [0, 0.05) is 40.4 Å². The van der Waals surface area contributed by atoms with Crippen LogP contribution in [0.25, 0.3) is 44.4 Å². The topological polar surface area (TPSA) is 44.9 Å². The summed E-state index contributed by atoms with van der Waals surface area (Å²) >= 11 is 0. The Morgan fingerprint density at radius 3 is 2.35 bits per heavy atom. The number of rotatable bonds is 10. The summed E-state index contributed by atoms with van der Waals surface area (Å²) in [7, 11) is 0. The van der Waals surface area contributed by atoms with Crippen LogP contribution in [0.5, 0.6) is 11.5 Å². The first-order valence-corrected chi connectivity index (χ1v) is 17.2. The summed E-state index contributed by atoms with van der Waals surface area (Å²) in [6, 6.07) is 34.6. The van der Waals surface area contributed by atoms with Crippen molar-refractivity contribution >= 4 is 21.8 Å². The van der Waals surface area contributed by atoms with E-state index in [2.05, 4.69) is 142 Å². The molecular formula is C43H44N4O. The SMILES string of the molecule is CCCCc1ccc2c(c1)c1ccc(Oc3cc(CC(C)C)cc(-n4nc(C)c(-c5ccccc5)c4C)c3)cc1n2-c1cc(C)ccn1. The third-order valence-electron chi connectivity index (χ3n) is 9.18. The molecule has 0 bridgehead atoms. The minimum Gasteiger partial charge on any atom is -0.457 e. The molecule has 0 amide bonds. The molecule has 7 aromatic rings. The fourth-order valence-electron chi connectivity index (χ4n) is 7.00. The highest BCUT2D eigenvalue weighted by Crippen LogP contribution is 2.37. The average molecular weight is 633 g/mol. The van der Waals surface area contributed by atoms with Crippen LogP contribution in [-0.4, -0.2) is 19.3 Å². The van der Waals surface area contributed by atoms with Crippen molar-refractivity contribution in [2.24, 2.45) is 5.92 Å². The number of nitrogens with zero attached hydrogens (tertiary/aromatic N) is 4. The third-order valence-corrected chi connectivity index (χ3v) is 9.18. The highest BCUT2D eigenvalue weighted by Gasteiger charge is 2.18. The van der Waals surface area contributed by atoms with E-state index in [1.807, 2.05) is 12.3 Å². The fourth-order valence-corrected chi connectivity index (χ4v) is 7.00. The van der Waals surface area contributed by atoms with E-state index in [0.717, 1.165) is 58.3 Å². The smallest absolute Gasteiger partial charge is 0.137 e. The van der Waals surface area contributed by atoms with E-state index in [0.29, 0.717) is 5.92 Å². The van der Waals surface area contributed by atoms with E-state index in [1.165, 1.54) is 51.4 Å². The maximum absolute atomic E-state index is 6.75. The number of hydrogen-bond acceptors (Lipinski definition) is 3. The van der Waals surface area contributed by atoms with Gasteiger partial charge in [-0.1, -0.05) is 63.6 Å². The van der Waals surface area contributed by atoms with Crippen LogP contribution in [0.15, 0.2) is 103 Å². The Morgan fingerprint density at radius 1 is 0.750 bits per heavy atom. The molecule has 5 heteroatoms. The van der Waals surface area contributed by atoms with Crippen LogP contribution in [0, 0.1) is 26.7 Å². The van der Waals surface area contributed by atoms with Gasteiger partial charge < -0.3 is 4.74 Å². The van der Waals surface area contributed by atoms with Gasteiger partial charge in [0.15, 0.2) is 0 Å². The van der Waals surface area contributed by atoms with Crippen LogP contribution in [0.1, 0.15) is 61.7 Å². The zero-order valence-corrected chi connectivity index (χ0v) is 28.9. The normalized spacial score (nSPS) is 11.6. The lowest BCUT2D eigenvalue weighted by Crippen LogP contribution is -2.03. The standard InChI is InChI=1S/C43H44N4O/c1-7-8-12-32-15-18-40-39(25-32)38-17-16-36(27-41(38)46(40)42-22-29(4)19-20-44-42)48-37-24-33(21-28(2)3)23-35(26-37)47-31(6)43(30(5)45-47)34-13-10-9-11-14-34/h9-11,13-20,22-28H,7-8,12,21H2,1-6H3. The van der Waals surface area contributed by atoms with Gasteiger partial charge >= 0.3 is 0 Å². The van der Waals surface area contributed by atoms with Gasteiger partial charge in [0.1, 0.15) is 17.3 Å². The van der Waals surface area contributed by atoms with Crippen LogP contribution >= 0.6 is 0 Å². The predicted molar refractivity (Wildman–Crippen MR) is 199 cm³/mol. The van der Waals surface area contributed by atoms with Gasteiger partial charge in [0.25, 0.3) is 0 Å². The summed E-state index contributed by atoms with van der Waals surface area (Å²) < 4.78 is 11.1. The Morgan fingerprint density at radius 2 is 1.58 bits per heavy atom. The molecule has 0 aliphatic carbocycles. The third kappa shape index (κ3) is 6.13. The molecule has 0 aliphatic heterocycles. The lowest BCUT2D eigenvalue weighted by Gasteiger charge is -2.14. The summed E-state index contributed by atoms with van der Waals surface area (Å²) in [5.41, 5.74) is 11.5. The largest absolute Gasteiger partial charge is 0.457 e. The molecule has 0 spiro atoms. The molecule has 242 valence electrons. The summed E-state index contributed by atoms with van der Waals surface area (Å²) in [6.07, 6.45) is 6.29.